The van der Waals surface area contributed by atoms with E-state index in [2.05, 4.69) is 58.5 Å². The molecule has 2 aromatic rings. The fraction of sp³-hybridized carbons (Fsp3) is 0.603. The molecule has 4 fully saturated rings. The molecule has 16 atom stereocenters. The number of aliphatic hydroxyl groups excluding tert-OH is 2. The first-order valence-corrected chi connectivity index (χ1v) is 37.5. The average molecular weight is 1490 g/mol. The highest BCUT2D eigenvalue weighted by Gasteiger charge is 2.46. The van der Waals surface area contributed by atoms with Crippen LogP contribution in [0.4, 0.5) is 0 Å². The summed E-state index contributed by atoms with van der Waals surface area (Å²) in [7, 11) is 1.59. The lowest BCUT2D eigenvalue weighted by molar-refractivity contribution is -0.149. The van der Waals surface area contributed by atoms with Crippen LogP contribution in [0.5, 0.6) is 5.75 Å². The van der Waals surface area contributed by atoms with Gasteiger partial charge in [-0.1, -0.05) is 105 Å². The maximum atomic E-state index is 15.3. The highest BCUT2D eigenvalue weighted by molar-refractivity contribution is 8.76. The van der Waals surface area contributed by atoms with Gasteiger partial charge in [0.15, 0.2) is 0 Å². The molecule has 6 rings (SSSR count). The van der Waals surface area contributed by atoms with Crippen LogP contribution in [0.3, 0.4) is 0 Å². The van der Waals surface area contributed by atoms with Crippen LogP contribution >= 0.6 is 21.6 Å². The van der Waals surface area contributed by atoms with E-state index in [0.29, 0.717) is 36.8 Å². The Labute approximate surface area is 610 Å². The Morgan fingerprint density at radius 3 is 1.49 bits per heavy atom. The van der Waals surface area contributed by atoms with Gasteiger partial charge in [0, 0.05) is 43.9 Å². The number of amides is 15. The van der Waals surface area contributed by atoms with E-state index in [-0.39, 0.29) is 70.3 Å². The second-order valence-electron chi connectivity index (χ2n) is 26.6. The van der Waals surface area contributed by atoms with E-state index in [9.17, 15) is 72.9 Å². The van der Waals surface area contributed by atoms with Gasteiger partial charge in [-0.3, -0.25) is 71.9 Å². The SMILES string of the molecule is CC[C@H](C)[C@@H]1NC(=O)[C@@H]2CCCN2C(=O)[C@@H]2CCCN2C(=O)[C@H]([C@@H](C)CC)NC(=O)[C@H](CO)NC(=O)[C@H](CCCCN)NC(=O)[C@H]([C@@H](C)O)NC(=O)[C@@H]2CSSC[C@H](NC1=O)C(=O)N[C@@H](Cc1ccc(O)cc1)C(=O)N[C@@H](Cc1ccccc1)C(=O)N[C@@H](CCC(N)=O)C(=O)N[C@@H](CC(N)=O)C(=O)N2. The van der Waals surface area contributed by atoms with Gasteiger partial charge < -0.3 is 101 Å². The maximum Gasteiger partial charge on any atom is 0.246 e. The predicted octanol–water partition coefficient (Wildman–Crippen LogP) is -4.36. The van der Waals surface area contributed by atoms with Crippen molar-refractivity contribution in [3.63, 3.8) is 0 Å². The molecule has 36 heteroatoms. The zero-order valence-electron chi connectivity index (χ0n) is 59.0. The monoisotopic (exact) mass is 1490 g/mol. The normalized spacial score (nSPS) is 27.8. The standard InChI is InChI=1S/C68H100N16O18S2/c1-6-35(3)53-65(99)79-47-33-103-104-34-48(78-60(94)45(31-52(71)89)76-57(91)42(24-25-51(70)88)72-58(92)43(29-38-15-9-8-10-16-38)74-59(93)44(75-62(47)96)30-39-20-22-40(87)23-21-39)63(97)82-55(37(5)86)66(100)73-41(17-11-12-26-69)56(90)77-46(32-85)61(95)81-54(36(4)7-2)68(102)84-28-14-19-50(84)67(101)83-27-13-18-49(83)64(98)80-53/h8-10,15-16,20-23,35-37,41-50,53-55,85-87H,6-7,11-14,17-19,24-34,69H2,1-5H3,(H2,70,88)(H2,71,89)(H,72,92)(H,73,100)(H,74,93)(H,75,96)(H,76,91)(H,77,90)(H,78,94)(H,79,99)(H,80,98)(H,81,95)(H,82,97)/t35-,36-,37+,41-,42-,43-,44-,45-,46-,47-,48-,49-,50-,53-,54-,55-/m0/s1. The molecular weight excluding hydrogens is 1390 g/mol. The zero-order valence-corrected chi connectivity index (χ0v) is 60.6. The number of phenols is 1. The second kappa shape index (κ2) is 40.8. The van der Waals surface area contributed by atoms with Crippen molar-refractivity contribution in [2.45, 2.75) is 209 Å². The molecule has 2 bridgehead atoms. The average Bonchev–Trinajstić information content (AvgIpc) is 1.63. The summed E-state index contributed by atoms with van der Waals surface area (Å²) in [5, 5.41) is 60.4. The molecule has 2 aromatic carbocycles. The number of aliphatic hydroxyl groups is 2. The van der Waals surface area contributed by atoms with Crippen molar-refractivity contribution in [3.05, 3.63) is 65.7 Å². The quantitative estimate of drug-likeness (QED) is 0.0467. The van der Waals surface area contributed by atoms with Crippen molar-refractivity contribution in [3.8, 4) is 5.75 Å². The molecule has 104 heavy (non-hydrogen) atoms. The Balaban J connectivity index is 1.52. The molecule has 0 radical (unpaired) electrons. The van der Waals surface area contributed by atoms with Gasteiger partial charge in [-0.15, -0.1) is 0 Å². The largest absolute Gasteiger partial charge is 0.508 e. The number of nitrogens with zero attached hydrogens (tertiary/aromatic N) is 2. The number of carbonyl (C=O) groups excluding carboxylic acids is 15. The van der Waals surface area contributed by atoms with Gasteiger partial charge in [-0.2, -0.15) is 0 Å². The number of aromatic hydroxyl groups is 1. The molecule has 20 N–H and O–H groups in total. The highest BCUT2D eigenvalue weighted by Crippen LogP contribution is 2.29. The van der Waals surface area contributed by atoms with Crippen molar-refractivity contribution >= 4 is 110 Å². The summed E-state index contributed by atoms with van der Waals surface area (Å²) in [6.07, 6.45) is -2.56. The van der Waals surface area contributed by atoms with Crippen LogP contribution in [-0.2, 0) is 84.8 Å². The Morgan fingerprint density at radius 2 is 0.933 bits per heavy atom. The first-order valence-electron chi connectivity index (χ1n) is 35.1. The third-order valence-corrected chi connectivity index (χ3v) is 21.2. The molecule has 4 aliphatic rings. The molecule has 572 valence electrons. The minimum atomic E-state index is -1.98. The van der Waals surface area contributed by atoms with Gasteiger partial charge in [0.2, 0.25) is 88.6 Å². The van der Waals surface area contributed by atoms with Crippen LogP contribution in [-0.4, -0.2) is 236 Å². The number of benzene rings is 2. The number of carbonyl (C=O) groups is 15. The first kappa shape index (κ1) is 83.8. The number of fused-ring (bicyclic) bond motifs is 7. The topological polar surface area (TPSA) is 534 Å². The number of rotatable bonds is 19. The van der Waals surface area contributed by atoms with Crippen LogP contribution in [0.15, 0.2) is 54.6 Å². The molecule has 4 aliphatic heterocycles. The summed E-state index contributed by atoms with van der Waals surface area (Å²) in [4.78, 5) is 220. The smallest absolute Gasteiger partial charge is 0.246 e. The summed E-state index contributed by atoms with van der Waals surface area (Å²) >= 11 is 0. The van der Waals surface area contributed by atoms with Gasteiger partial charge in [-0.05, 0) is 99.9 Å². The van der Waals surface area contributed by atoms with Crippen LogP contribution < -0.4 is 75.7 Å². The molecular formula is C68H100N16O18S2. The minimum absolute atomic E-state index is 0.0739. The minimum Gasteiger partial charge on any atom is -0.508 e. The van der Waals surface area contributed by atoms with Crippen molar-refractivity contribution in [1.29, 1.82) is 0 Å². The zero-order chi connectivity index (χ0) is 76.5. The number of nitrogens with one attached hydrogen (secondary N) is 11. The number of hydrogen-bond acceptors (Lipinski definition) is 21. The second-order valence-corrected chi connectivity index (χ2v) is 29.2. The molecule has 0 unspecified atom stereocenters. The Kier molecular flexibility index (Phi) is 32.9. The molecule has 4 heterocycles. The van der Waals surface area contributed by atoms with Gasteiger partial charge in [0.1, 0.15) is 84.3 Å². The Morgan fingerprint density at radius 1 is 0.490 bits per heavy atom. The number of unbranched alkanes of at least 4 members (excludes halogenated alkanes) is 1. The van der Waals surface area contributed by atoms with Crippen molar-refractivity contribution in [1.82, 2.24) is 68.3 Å². The van der Waals surface area contributed by atoms with E-state index < -0.39 is 222 Å². The number of nitrogens with two attached hydrogens (primary N) is 3. The number of hydrogen-bond donors (Lipinski definition) is 17. The fourth-order valence-corrected chi connectivity index (χ4v) is 14.6. The number of phenolic OH excluding ortho intramolecular Hbond substituents is 1. The summed E-state index contributed by atoms with van der Waals surface area (Å²) in [6.45, 7) is 7.19. The molecule has 0 saturated carbocycles. The fourth-order valence-electron chi connectivity index (χ4n) is 12.3. The van der Waals surface area contributed by atoms with Gasteiger partial charge in [-0.25, -0.2) is 0 Å². The van der Waals surface area contributed by atoms with E-state index in [0.717, 1.165) is 28.5 Å². The van der Waals surface area contributed by atoms with Crippen LogP contribution in [0.1, 0.15) is 123 Å². The third kappa shape index (κ3) is 24.2. The van der Waals surface area contributed by atoms with Crippen molar-refractivity contribution in [2.75, 3.05) is 37.7 Å². The van der Waals surface area contributed by atoms with Gasteiger partial charge in [0.05, 0.1) is 19.1 Å². The third-order valence-electron chi connectivity index (χ3n) is 18.8. The molecule has 0 aliphatic carbocycles. The summed E-state index contributed by atoms with van der Waals surface area (Å²) in [5.41, 5.74) is 17.8. The van der Waals surface area contributed by atoms with Crippen molar-refractivity contribution < 1.29 is 87.2 Å². The first-order chi connectivity index (χ1) is 49.5. The molecule has 34 nitrogen and oxygen atoms in total. The van der Waals surface area contributed by atoms with Crippen LogP contribution in [0.2, 0.25) is 0 Å². The summed E-state index contributed by atoms with van der Waals surface area (Å²) in [6, 6.07) is -7.11. The van der Waals surface area contributed by atoms with E-state index >= 15 is 14.4 Å². The Hall–Kier alpha value is -9.13. The van der Waals surface area contributed by atoms with Crippen LogP contribution in [0.25, 0.3) is 0 Å². The lowest BCUT2D eigenvalue weighted by Crippen LogP contribution is -2.63. The highest BCUT2D eigenvalue weighted by atomic mass is 33.1. The van der Waals surface area contributed by atoms with Gasteiger partial charge in [0.25, 0.3) is 0 Å². The van der Waals surface area contributed by atoms with Gasteiger partial charge >= 0.3 is 0 Å². The summed E-state index contributed by atoms with van der Waals surface area (Å²) in [5.74, 6) is -17.5. The maximum absolute atomic E-state index is 15.3. The van der Waals surface area contributed by atoms with E-state index in [1.807, 2.05) is 0 Å². The summed E-state index contributed by atoms with van der Waals surface area (Å²) < 4.78 is 0. The lowest BCUT2D eigenvalue weighted by atomic mass is 9.96. The van der Waals surface area contributed by atoms with Crippen molar-refractivity contribution in [2.24, 2.45) is 29.0 Å². The number of primary amides is 2. The molecule has 0 spiro atoms. The van der Waals surface area contributed by atoms with E-state index in [4.69, 9.17) is 17.2 Å². The van der Waals surface area contributed by atoms with E-state index in [1.54, 1.807) is 58.0 Å². The Bertz CT molecular complexity index is 3400. The lowest BCUT2D eigenvalue weighted by Gasteiger charge is -2.35. The predicted molar refractivity (Wildman–Crippen MR) is 380 cm³/mol. The molecule has 4 saturated heterocycles. The molecule has 15 amide bonds. The molecule has 0 aromatic heterocycles. The van der Waals surface area contributed by atoms with Crippen LogP contribution in [0, 0.1) is 11.8 Å². The van der Waals surface area contributed by atoms with E-state index in [1.165, 1.54) is 34.1 Å².